The second kappa shape index (κ2) is 8.66. The Kier molecular flexibility index (Phi) is 6.56. The number of ketones is 1. The maximum atomic E-state index is 11.9. The molecule has 0 bridgehead atoms. The van der Waals surface area contributed by atoms with Gasteiger partial charge in [0.15, 0.2) is 5.78 Å². The molecular formula is C19H18OS2. The summed E-state index contributed by atoms with van der Waals surface area (Å²) in [7, 11) is 0. The third-order valence-corrected chi connectivity index (χ3v) is 4.60. The van der Waals surface area contributed by atoms with Gasteiger partial charge in [0.2, 0.25) is 0 Å². The highest BCUT2D eigenvalue weighted by Crippen LogP contribution is 2.16. The van der Waals surface area contributed by atoms with Crippen molar-refractivity contribution in [3.05, 3.63) is 71.8 Å². The standard InChI is InChI=1S/C19H18OS2/c1-21-18-11-5-15(6-12-18)3-9-17(20)10-4-16-7-13-19(22-2)14-8-16/h3-14H,1-2H3/b9-3+,10-4+. The lowest BCUT2D eigenvalue weighted by Crippen LogP contribution is -1.85. The van der Waals surface area contributed by atoms with E-state index in [4.69, 9.17) is 0 Å². The van der Waals surface area contributed by atoms with Gasteiger partial charge in [-0.05, 0) is 60.1 Å². The number of carbonyl (C=O) groups excluding carboxylic acids is 1. The van der Waals surface area contributed by atoms with Crippen LogP contribution >= 0.6 is 23.5 Å². The smallest absolute Gasteiger partial charge is 0.178 e. The van der Waals surface area contributed by atoms with E-state index in [0.717, 1.165) is 11.1 Å². The van der Waals surface area contributed by atoms with Gasteiger partial charge in [0, 0.05) is 9.79 Å². The lowest BCUT2D eigenvalue weighted by Gasteiger charge is -1.97. The second-order valence-corrected chi connectivity index (χ2v) is 6.37. The van der Waals surface area contributed by atoms with Crippen molar-refractivity contribution in [1.82, 2.24) is 0 Å². The number of rotatable bonds is 6. The number of hydrogen-bond acceptors (Lipinski definition) is 3. The van der Waals surface area contributed by atoms with E-state index < -0.39 is 0 Å². The molecule has 0 aliphatic heterocycles. The first-order valence-electron chi connectivity index (χ1n) is 6.89. The molecule has 112 valence electrons. The molecule has 1 nitrogen and oxygen atoms in total. The summed E-state index contributed by atoms with van der Waals surface area (Å²) >= 11 is 3.41. The zero-order valence-corrected chi connectivity index (χ0v) is 14.3. The summed E-state index contributed by atoms with van der Waals surface area (Å²) in [6.07, 6.45) is 11.0. The van der Waals surface area contributed by atoms with Crippen LogP contribution in [-0.4, -0.2) is 18.3 Å². The first kappa shape index (κ1) is 16.7. The van der Waals surface area contributed by atoms with Crippen LogP contribution in [0.5, 0.6) is 0 Å². The first-order chi connectivity index (χ1) is 10.7. The SMILES string of the molecule is CSc1ccc(/C=C/C(=O)/C=C/c2ccc(SC)cc2)cc1. The third-order valence-electron chi connectivity index (χ3n) is 3.11. The van der Waals surface area contributed by atoms with Gasteiger partial charge in [-0.25, -0.2) is 0 Å². The average molecular weight is 326 g/mol. The Morgan fingerprint density at radius 2 is 1.09 bits per heavy atom. The van der Waals surface area contributed by atoms with Gasteiger partial charge in [-0.1, -0.05) is 36.4 Å². The molecule has 0 N–H and O–H groups in total. The topological polar surface area (TPSA) is 17.1 Å². The molecule has 0 unspecified atom stereocenters. The van der Waals surface area contributed by atoms with Crippen LogP contribution in [0.1, 0.15) is 11.1 Å². The zero-order chi connectivity index (χ0) is 15.8. The molecule has 0 heterocycles. The highest BCUT2D eigenvalue weighted by atomic mass is 32.2. The summed E-state index contributed by atoms with van der Waals surface area (Å²) in [5, 5.41) is 0. The van der Waals surface area contributed by atoms with Crippen molar-refractivity contribution < 1.29 is 4.79 Å². The first-order valence-corrected chi connectivity index (χ1v) is 9.34. The van der Waals surface area contributed by atoms with E-state index in [1.165, 1.54) is 9.79 Å². The predicted octanol–water partition coefficient (Wildman–Crippen LogP) is 5.43. The normalized spacial score (nSPS) is 11.4. The molecule has 0 aromatic heterocycles. The molecule has 3 heteroatoms. The molecule has 0 saturated carbocycles. The van der Waals surface area contributed by atoms with Gasteiger partial charge < -0.3 is 0 Å². The molecule has 0 atom stereocenters. The van der Waals surface area contributed by atoms with Crippen LogP contribution in [0.15, 0.2) is 70.5 Å². The average Bonchev–Trinajstić information content (AvgIpc) is 2.59. The fourth-order valence-corrected chi connectivity index (χ4v) is 2.66. The van der Waals surface area contributed by atoms with Crippen LogP contribution < -0.4 is 0 Å². The van der Waals surface area contributed by atoms with Gasteiger partial charge in [0.05, 0.1) is 0 Å². The summed E-state index contributed by atoms with van der Waals surface area (Å²) < 4.78 is 0. The van der Waals surface area contributed by atoms with Gasteiger partial charge in [-0.15, -0.1) is 23.5 Å². The lowest BCUT2D eigenvalue weighted by molar-refractivity contribution is -0.110. The van der Waals surface area contributed by atoms with E-state index in [0.29, 0.717) is 0 Å². The van der Waals surface area contributed by atoms with Crippen LogP contribution in [0, 0.1) is 0 Å². The van der Waals surface area contributed by atoms with E-state index >= 15 is 0 Å². The number of benzene rings is 2. The molecule has 0 radical (unpaired) electrons. The molecule has 2 aromatic rings. The minimum absolute atomic E-state index is 0.0112. The van der Waals surface area contributed by atoms with Gasteiger partial charge in [-0.2, -0.15) is 0 Å². The van der Waals surface area contributed by atoms with Crippen LogP contribution in [0.4, 0.5) is 0 Å². The van der Waals surface area contributed by atoms with Crippen molar-refractivity contribution >= 4 is 41.5 Å². The molecular weight excluding hydrogens is 308 g/mol. The predicted molar refractivity (Wildman–Crippen MR) is 99.5 cm³/mol. The Morgan fingerprint density at radius 3 is 1.41 bits per heavy atom. The summed E-state index contributed by atoms with van der Waals surface area (Å²) in [5.74, 6) is -0.0112. The third kappa shape index (κ3) is 5.24. The molecule has 2 aromatic carbocycles. The zero-order valence-electron chi connectivity index (χ0n) is 12.7. The van der Waals surface area contributed by atoms with Gasteiger partial charge in [-0.3, -0.25) is 4.79 Å². The highest BCUT2D eigenvalue weighted by Gasteiger charge is 1.94. The molecule has 22 heavy (non-hydrogen) atoms. The molecule has 2 rings (SSSR count). The fourth-order valence-electron chi connectivity index (χ4n) is 1.84. The van der Waals surface area contributed by atoms with Gasteiger partial charge in [0.1, 0.15) is 0 Å². The van der Waals surface area contributed by atoms with E-state index in [-0.39, 0.29) is 5.78 Å². The van der Waals surface area contributed by atoms with E-state index in [1.807, 2.05) is 48.9 Å². The number of thioether (sulfide) groups is 2. The van der Waals surface area contributed by atoms with E-state index in [9.17, 15) is 4.79 Å². The minimum atomic E-state index is -0.0112. The van der Waals surface area contributed by atoms with Crippen molar-refractivity contribution in [2.45, 2.75) is 9.79 Å². The van der Waals surface area contributed by atoms with Crippen LogP contribution in [0.2, 0.25) is 0 Å². The fraction of sp³-hybridized carbons (Fsp3) is 0.105. The number of hydrogen-bond donors (Lipinski definition) is 0. The molecule has 0 saturated heterocycles. The number of allylic oxidation sites excluding steroid dienone is 2. The van der Waals surface area contributed by atoms with Gasteiger partial charge in [0.25, 0.3) is 0 Å². The Balaban J connectivity index is 1.95. The quantitative estimate of drug-likeness (QED) is 0.521. The van der Waals surface area contributed by atoms with Crippen LogP contribution in [0.25, 0.3) is 12.2 Å². The highest BCUT2D eigenvalue weighted by molar-refractivity contribution is 7.98. The second-order valence-electron chi connectivity index (χ2n) is 4.62. The summed E-state index contributed by atoms with van der Waals surface area (Å²) in [6, 6.07) is 16.3. The van der Waals surface area contributed by atoms with Crippen molar-refractivity contribution in [2.24, 2.45) is 0 Å². The largest absolute Gasteiger partial charge is 0.290 e. The summed E-state index contributed by atoms with van der Waals surface area (Å²) in [4.78, 5) is 14.3. The van der Waals surface area contributed by atoms with Gasteiger partial charge >= 0.3 is 0 Å². The Morgan fingerprint density at radius 1 is 0.727 bits per heavy atom. The van der Waals surface area contributed by atoms with Crippen molar-refractivity contribution in [1.29, 1.82) is 0 Å². The monoisotopic (exact) mass is 326 g/mol. The molecule has 0 aliphatic carbocycles. The molecule has 0 amide bonds. The van der Waals surface area contributed by atoms with Crippen LogP contribution in [0.3, 0.4) is 0 Å². The van der Waals surface area contributed by atoms with Crippen molar-refractivity contribution in [3.8, 4) is 0 Å². The number of carbonyl (C=O) groups is 1. The summed E-state index contributed by atoms with van der Waals surface area (Å²) in [5.41, 5.74) is 2.06. The van der Waals surface area contributed by atoms with Crippen molar-refractivity contribution in [2.75, 3.05) is 12.5 Å². The van der Waals surface area contributed by atoms with Crippen LogP contribution in [-0.2, 0) is 4.79 Å². The Hall–Kier alpha value is -1.71. The maximum Gasteiger partial charge on any atom is 0.178 e. The van der Waals surface area contributed by atoms with E-state index in [2.05, 4.69) is 24.3 Å². The molecule has 0 spiro atoms. The lowest BCUT2D eigenvalue weighted by atomic mass is 10.1. The van der Waals surface area contributed by atoms with Crippen molar-refractivity contribution in [3.63, 3.8) is 0 Å². The molecule has 0 fully saturated rings. The minimum Gasteiger partial charge on any atom is -0.290 e. The maximum absolute atomic E-state index is 11.9. The Bertz CT molecular complexity index is 608. The molecule has 0 aliphatic rings. The Labute approximate surface area is 140 Å². The summed E-state index contributed by atoms with van der Waals surface area (Å²) in [6.45, 7) is 0. The van der Waals surface area contributed by atoms with E-state index in [1.54, 1.807) is 35.7 Å².